The summed E-state index contributed by atoms with van der Waals surface area (Å²) in [6.07, 6.45) is -2.08. The molecule has 0 atom stereocenters. The fourth-order valence-corrected chi connectivity index (χ4v) is 3.87. The first-order valence-corrected chi connectivity index (χ1v) is 9.30. The van der Waals surface area contributed by atoms with Gasteiger partial charge in [0.25, 0.3) is 0 Å². The molecule has 0 radical (unpaired) electrons. The maximum Gasteiger partial charge on any atom is 0.422 e. The van der Waals surface area contributed by atoms with Crippen LogP contribution in [0.1, 0.15) is 12.8 Å². The number of hydrogen-bond acceptors (Lipinski definition) is 6. The van der Waals surface area contributed by atoms with Crippen molar-refractivity contribution < 1.29 is 31.1 Å². The summed E-state index contributed by atoms with van der Waals surface area (Å²) >= 11 is 0. The Kier molecular flexibility index (Phi) is 5.57. The van der Waals surface area contributed by atoms with E-state index in [-0.39, 0.29) is 24.4 Å². The molecule has 1 aromatic heterocycles. The average Bonchev–Trinajstić information content (AvgIpc) is 2.53. The molecular formula is C14H18F3N3O4S. The molecule has 1 aromatic rings. The van der Waals surface area contributed by atoms with Gasteiger partial charge in [0, 0.05) is 12.3 Å². The summed E-state index contributed by atoms with van der Waals surface area (Å²) in [5, 5.41) is 5.47. The Morgan fingerprint density at radius 2 is 2.00 bits per heavy atom. The number of sulfone groups is 1. The van der Waals surface area contributed by atoms with Crippen molar-refractivity contribution in [1.29, 1.82) is 0 Å². The van der Waals surface area contributed by atoms with E-state index in [0.29, 0.717) is 13.1 Å². The van der Waals surface area contributed by atoms with Crippen LogP contribution in [0.4, 0.5) is 18.9 Å². The Bertz CT molecular complexity index is 714. The van der Waals surface area contributed by atoms with Gasteiger partial charge in [-0.3, -0.25) is 4.79 Å². The number of piperidine rings is 1. The van der Waals surface area contributed by atoms with Gasteiger partial charge in [0.15, 0.2) is 21.2 Å². The minimum Gasteiger partial charge on any atom is -0.468 e. The molecule has 7 nitrogen and oxygen atoms in total. The average molecular weight is 381 g/mol. The summed E-state index contributed by atoms with van der Waals surface area (Å²) in [4.78, 5) is 16.2. The molecule has 0 aliphatic carbocycles. The summed E-state index contributed by atoms with van der Waals surface area (Å²) in [5.41, 5.74) is 0.172. The molecule has 0 saturated carbocycles. The molecule has 2 N–H and O–H groups in total. The molecule has 1 fully saturated rings. The lowest BCUT2D eigenvalue weighted by molar-refractivity contribution is -0.154. The van der Waals surface area contributed by atoms with Crippen LogP contribution in [0.2, 0.25) is 0 Å². The van der Waals surface area contributed by atoms with Crippen LogP contribution >= 0.6 is 0 Å². The number of nitrogens with zero attached hydrogens (tertiary/aromatic N) is 1. The molecule has 0 bridgehead atoms. The lowest BCUT2D eigenvalue weighted by Gasteiger charge is -2.34. The van der Waals surface area contributed by atoms with E-state index >= 15 is 0 Å². The van der Waals surface area contributed by atoms with Gasteiger partial charge in [-0.05, 0) is 32.0 Å². The molecule has 1 aliphatic heterocycles. The molecule has 2 heterocycles. The third kappa shape index (κ3) is 4.82. The first kappa shape index (κ1) is 19.4. The number of aromatic nitrogens is 1. The summed E-state index contributed by atoms with van der Waals surface area (Å²) in [7, 11) is -3.66. The van der Waals surface area contributed by atoms with Crippen molar-refractivity contribution in [3.05, 3.63) is 18.3 Å². The number of alkyl halides is 3. The third-order valence-corrected chi connectivity index (χ3v) is 5.93. The Labute approximate surface area is 142 Å². The number of amides is 1. The van der Waals surface area contributed by atoms with E-state index in [1.807, 2.05) is 0 Å². The molecule has 0 spiro atoms. The van der Waals surface area contributed by atoms with E-state index in [0.717, 1.165) is 18.5 Å². The molecule has 1 aliphatic rings. The van der Waals surface area contributed by atoms with Crippen LogP contribution in [0.15, 0.2) is 18.3 Å². The number of nitrogens with one attached hydrogen (secondary N) is 2. The van der Waals surface area contributed by atoms with E-state index in [2.05, 4.69) is 20.4 Å². The molecule has 0 aromatic carbocycles. The van der Waals surface area contributed by atoms with Gasteiger partial charge in [0.1, 0.15) is 0 Å². The highest BCUT2D eigenvalue weighted by Crippen LogP contribution is 2.29. The number of anilines is 1. The molecule has 1 saturated heterocycles. The van der Waals surface area contributed by atoms with E-state index in [1.165, 1.54) is 6.07 Å². The SMILES string of the molecule is CS(=O)(=O)C1(C(=O)Nc2ccc(OCC(F)(F)F)nc2)CCNCC1. The van der Waals surface area contributed by atoms with E-state index in [4.69, 9.17) is 0 Å². The fraction of sp³-hybridized carbons (Fsp3) is 0.571. The lowest BCUT2D eigenvalue weighted by atomic mass is 9.96. The summed E-state index contributed by atoms with van der Waals surface area (Å²) < 4.78 is 63.5. The van der Waals surface area contributed by atoms with Crippen molar-refractivity contribution in [2.24, 2.45) is 0 Å². The predicted molar refractivity (Wildman–Crippen MR) is 84.1 cm³/mol. The second-order valence-electron chi connectivity index (χ2n) is 5.76. The van der Waals surface area contributed by atoms with E-state index < -0.39 is 33.3 Å². The highest BCUT2D eigenvalue weighted by molar-refractivity contribution is 7.92. The number of ether oxygens (including phenoxy) is 1. The second kappa shape index (κ2) is 7.16. The molecule has 25 heavy (non-hydrogen) atoms. The largest absolute Gasteiger partial charge is 0.468 e. The van der Waals surface area contributed by atoms with Gasteiger partial charge in [0.05, 0.1) is 11.9 Å². The first-order chi connectivity index (χ1) is 11.5. The maximum atomic E-state index is 12.6. The smallest absolute Gasteiger partial charge is 0.422 e. The van der Waals surface area contributed by atoms with Crippen LogP contribution in [0.3, 0.4) is 0 Å². The Balaban J connectivity index is 2.09. The standard InChI is InChI=1S/C14H18F3N3O4S/c1-25(22,23)13(4-6-18-7-5-13)12(21)20-10-2-3-11(19-8-10)24-9-14(15,16)17/h2-3,8,18H,4-7,9H2,1H3,(H,20,21). The lowest BCUT2D eigenvalue weighted by Crippen LogP contribution is -2.55. The van der Waals surface area contributed by atoms with Crippen LogP contribution in [-0.2, 0) is 14.6 Å². The number of halogens is 3. The van der Waals surface area contributed by atoms with Crippen LogP contribution in [0, 0.1) is 0 Å². The number of carbonyl (C=O) groups is 1. The minimum atomic E-state index is -4.48. The monoisotopic (exact) mass is 381 g/mol. The van der Waals surface area contributed by atoms with E-state index in [1.54, 1.807) is 0 Å². The van der Waals surface area contributed by atoms with Crippen LogP contribution in [0.5, 0.6) is 5.88 Å². The predicted octanol–water partition coefficient (Wildman–Crippen LogP) is 1.13. The van der Waals surface area contributed by atoms with Gasteiger partial charge in [-0.15, -0.1) is 0 Å². The maximum absolute atomic E-state index is 12.6. The fourth-order valence-electron chi connectivity index (χ4n) is 2.54. The Hall–Kier alpha value is -1.88. The number of pyridine rings is 1. The van der Waals surface area contributed by atoms with Crippen LogP contribution in [0.25, 0.3) is 0 Å². The highest BCUT2D eigenvalue weighted by Gasteiger charge is 2.48. The molecule has 0 unspecified atom stereocenters. The minimum absolute atomic E-state index is 0.137. The highest BCUT2D eigenvalue weighted by atomic mass is 32.2. The van der Waals surface area contributed by atoms with Crippen molar-refractivity contribution in [3.63, 3.8) is 0 Å². The zero-order valence-electron chi connectivity index (χ0n) is 13.4. The second-order valence-corrected chi connectivity index (χ2v) is 8.09. The first-order valence-electron chi connectivity index (χ1n) is 7.41. The van der Waals surface area contributed by atoms with Gasteiger partial charge in [-0.25, -0.2) is 13.4 Å². The van der Waals surface area contributed by atoms with Gasteiger partial charge in [-0.1, -0.05) is 0 Å². The van der Waals surface area contributed by atoms with Crippen molar-refractivity contribution in [2.45, 2.75) is 23.8 Å². The summed E-state index contributed by atoms with van der Waals surface area (Å²) in [5.74, 6) is -0.933. The number of hydrogen-bond donors (Lipinski definition) is 2. The van der Waals surface area contributed by atoms with Crippen molar-refractivity contribution in [1.82, 2.24) is 10.3 Å². The molecular weight excluding hydrogens is 363 g/mol. The molecule has 11 heteroatoms. The zero-order chi connectivity index (χ0) is 18.7. The van der Waals surface area contributed by atoms with Gasteiger partial charge >= 0.3 is 6.18 Å². The Morgan fingerprint density at radius 1 is 1.36 bits per heavy atom. The number of carbonyl (C=O) groups excluding carboxylic acids is 1. The van der Waals surface area contributed by atoms with Gasteiger partial charge in [0.2, 0.25) is 11.8 Å². The summed E-state index contributed by atoms with van der Waals surface area (Å²) in [6.45, 7) is -0.693. The quantitative estimate of drug-likeness (QED) is 0.794. The van der Waals surface area contributed by atoms with Crippen molar-refractivity contribution in [3.8, 4) is 5.88 Å². The van der Waals surface area contributed by atoms with Crippen molar-refractivity contribution >= 4 is 21.4 Å². The van der Waals surface area contributed by atoms with Crippen LogP contribution in [-0.4, -0.2) is 56.2 Å². The molecule has 2 rings (SSSR count). The Morgan fingerprint density at radius 3 is 2.48 bits per heavy atom. The topological polar surface area (TPSA) is 97.4 Å². The molecule has 140 valence electrons. The summed E-state index contributed by atoms with van der Waals surface area (Å²) in [6, 6.07) is 2.46. The zero-order valence-corrected chi connectivity index (χ0v) is 14.2. The van der Waals surface area contributed by atoms with E-state index in [9.17, 15) is 26.4 Å². The third-order valence-electron chi connectivity index (χ3n) is 3.91. The number of rotatable bonds is 5. The van der Waals surface area contributed by atoms with Crippen LogP contribution < -0.4 is 15.4 Å². The van der Waals surface area contributed by atoms with Crippen molar-refractivity contribution in [2.75, 3.05) is 31.3 Å². The van der Waals surface area contributed by atoms with Gasteiger partial charge < -0.3 is 15.4 Å². The molecule has 1 amide bonds. The normalized spacial score (nSPS) is 17.8. The van der Waals surface area contributed by atoms with Gasteiger partial charge in [-0.2, -0.15) is 13.2 Å².